The van der Waals surface area contributed by atoms with E-state index in [0.29, 0.717) is 5.69 Å². The van der Waals surface area contributed by atoms with Crippen molar-refractivity contribution in [3.8, 4) is 0 Å². The van der Waals surface area contributed by atoms with Gasteiger partial charge in [-0.3, -0.25) is 4.79 Å². The highest BCUT2D eigenvalue weighted by molar-refractivity contribution is 6.33. The Morgan fingerprint density at radius 3 is 2.50 bits per heavy atom. The van der Waals surface area contributed by atoms with Crippen molar-refractivity contribution in [2.45, 2.75) is 19.9 Å². The molecule has 0 aromatic heterocycles. The average molecular weight is 406 g/mol. The molecule has 1 saturated heterocycles. The van der Waals surface area contributed by atoms with Gasteiger partial charge in [0.1, 0.15) is 11.9 Å². The van der Waals surface area contributed by atoms with E-state index in [-0.39, 0.29) is 10.9 Å². The summed E-state index contributed by atoms with van der Waals surface area (Å²) < 4.78 is 13.1. The Labute approximate surface area is 170 Å². The first kappa shape index (κ1) is 20.4. The maximum Gasteiger partial charge on any atom is 0.246 e. The van der Waals surface area contributed by atoms with Crippen molar-refractivity contribution in [2.24, 2.45) is 0 Å². The number of benzene rings is 2. The summed E-state index contributed by atoms with van der Waals surface area (Å²) in [5, 5.41) is 6.08. The van der Waals surface area contributed by atoms with Gasteiger partial charge in [-0.05, 0) is 56.3 Å². The van der Waals surface area contributed by atoms with Gasteiger partial charge in [0, 0.05) is 11.4 Å². The van der Waals surface area contributed by atoms with Crippen molar-refractivity contribution in [3.05, 3.63) is 53.3 Å². The van der Waals surface area contributed by atoms with E-state index in [4.69, 9.17) is 11.6 Å². The molecule has 0 bridgehead atoms. The highest BCUT2D eigenvalue weighted by atomic mass is 35.5. The number of rotatable bonds is 6. The molecule has 0 spiro atoms. The predicted octanol–water partition coefficient (Wildman–Crippen LogP) is 2.64. The molecule has 0 radical (unpaired) electrons. The maximum atomic E-state index is 13.1. The van der Waals surface area contributed by atoms with Crippen molar-refractivity contribution in [1.29, 1.82) is 0 Å². The van der Waals surface area contributed by atoms with E-state index >= 15 is 0 Å². The van der Waals surface area contributed by atoms with Crippen molar-refractivity contribution < 1.29 is 14.1 Å². The molecule has 0 saturated carbocycles. The van der Waals surface area contributed by atoms with Crippen LogP contribution in [0.5, 0.6) is 0 Å². The van der Waals surface area contributed by atoms with Gasteiger partial charge in [-0.1, -0.05) is 11.6 Å². The molecule has 1 heterocycles. The van der Waals surface area contributed by atoms with Gasteiger partial charge in [0.25, 0.3) is 0 Å². The van der Waals surface area contributed by atoms with E-state index in [0.717, 1.165) is 18.8 Å². The largest absolute Gasteiger partial charge is 0.374 e. The molecule has 7 heteroatoms. The molecule has 1 aliphatic heterocycles. The SMILES string of the molecule is CC[NH+]1CCN(c2ccc(N[C@@H](C)C(=O)Nc3ccc(F)cc3Cl)cc2)CC1. The fraction of sp³-hybridized carbons (Fsp3) is 0.381. The molecule has 2 aromatic carbocycles. The fourth-order valence-electron chi connectivity index (χ4n) is 3.35. The lowest BCUT2D eigenvalue weighted by Gasteiger charge is -2.33. The van der Waals surface area contributed by atoms with Gasteiger partial charge in [-0.2, -0.15) is 0 Å². The Hall–Kier alpha value is -2.31. The second-order valence-corrected chi connectivity index (χ2v) is 7.52. The highest BCUT2D eigenvalue weighted by Crippen LogP contribution is 2.23. The molecule has 0 aliphatic carbocycles. The Morgan fingerprint density at radius 2 is 1.89 bits per heavy atom. The normalized spacial score (nSPS) is 15.9. The molecular weight excluding hydrogens is 379 g/mol. The van der Waals surface area contributed by atoms with Gasteiger partial charge >= 0.3 is 0 Å². The number of nitrogens with zero attached hydrogens (tertiary/aromatic N) is 1. The summed E-state index contributed by atoms with van der Waals surface area (Å²) in [6.07, 6.45) is 0. The van der Waals surface area contributed by atoms with E-state index in [1.165, 1.54) is 43.5 Å². The first-order chi connectivity index (χ1) is 13.5. The number of quaternary nitrogens is 1. The number of nitrogens with one attached hydrogen (secondary N) is 3. The molecule has 0 unspecified atom stereocenters. The van der Waals surface area contributed by atoms with Crippen molar-refractivity contribution >= 4 is 34.6 Å². The third-order valence-corrected chi connectivity index (χ3v) is 5.48. The Kier molecular flexibility index (Phi) is 6.75. The highest BCUT2D eigenvalue weighted by Gasteiger charge is 2.19. The van der Waals surface area contributed by atoms with Crippen LogP contribution >= 0.6 is 11.6 Å². The number of hydrogen-bond acceptors (Lipinski definition) is 3. The number of carbonyl (C=O) groups excluding carboxylic acids is 1. The molecule has 1 fully saturated rings. The van der Waals surface area contributed by atoms with E-state index in [9.17, 15) is 9.18 Å². The lowest BCUT2D eigenvalue weighted by molar-refractivity contribution is -0.898. The summed E-state index contributed by atoms with van der Waals surface area (Å²) in [6, 6.07) is 11.6. The third-order valence-electron chi connectivity index (χ3n) is 5.17. The predicted molar refractivity (Wildman–Crippen MR) is 113 cm³/mol. The lowest BCUT2D eigenvalue weighted by atomic mass is 10.2. The summed E-state index contributed by atoms with van der Waals surface area (Å²) in [6.45, 7) is 9.64. The van der Waals surface area contributed by atoms with Crippen molar-refractivity contribution in [3.63, 3.8) is 0 Å². The van der Waals surface area contributed by atoms with Crippen LogP contribution in [0, 0.1) is 5.82 Å². The van der Waals surface area contributed by atoms with Crippen LogP contribution in [0.1, 0.15) is 13.8 Å². The van der Waals surface area contributed by atoms with Gasteiger partial charge < -0.3 is 20.4 Å². The summed E-state index contributed by atoms with van der Waals surface area (Å²) in [5.74, 6) is -0.678. The second-order valence-electron chi connectivity index (χ2n) is 7.12. The van der Waals surface area contributed by atoms with E-state index in [1.54, 1.807) is 11.8 Å². The van der Waals surface area contributed by atoms with E-state index in [1.807, 2.05) is 12.1 Å². The zero-order valence-electron chi connectivity index (χ0n) is 16.3. The minimum Gasteiger partial charge on any atom is -0.374 e. The molecule has 150 valence electrons. The quantitative estimate of drug-likeness (QED) is 0.692. The molecule has 5 nitrogen and oxygen atoms in total. The first-order valence-electron chi connectivity index (χ1n) is 9.67. The number of carbonyl (C=O) groups is 1. The topological polar surface area (TPSA) is 48.8 Å². The number of halogens is 2. The smallest absolute Gasteiger partial charge is 0.246 e. The molecule has 3 rings (SSSR count). The van der Waals surface area contributed by atoms with Crippen LogP contribution in [0.2, 0.25) is 5.02 Å². The number of amides is 1. The van der Waals surface area contributed by atoms with Gasteiger partial charge in [0.15, 0.2) is 0 Å². The standard InChI is InChI=1S/C21H26ClFN4O/c1-3-26-10-12-27(13-11-26)18-7-5-17(6-8-18)24-15(2)21(28)25-20-9-4-16(23)14-19(20)22/h4-9,14-15,24H,3,10-13H2,1-2H3,(H,25,28)/p+1/t15-/m0/s1. The molecule has 3 N–H and O–H groups in total. The van der Waals surface area contributed by atoms with Gasteiger partial charge in [-0.15, -0.1) is 0 Å². The monoisotopic (exact) mass is 405 g/mol. The van der Waals surface area contributed by atoms with E-state index in [2.05, 4.69) is 34.6 Å². The summed E-state index contributed by atoms with van der Waals surface area (Å²) >= 11 is 5.97. The molecule has 1 aliphatic rings. The zero-order valence-corrected chi connectivity index (χ0v) is 17.0. The van der Waals surface area contributed by atoms with Crippen LogP contribution in [0.25, 0.3) is 0 Å². The summed E-state index contributed by atoms with van der Waals surface area (Å²) in [7, 11) is 0. The summed E-state index contributed by atoms with van der Waals surface area (Å²) in [4.78, 5) is 16.4. The molecule has 1 amide bonds. The number of hydrogen-bond donors (Lipinski definition) is 3. The molecule has 28 heavy (non-hydrogen) atoms. The van der Waals surface area contributed by atoms with E-state index < -0.39 is 11.9 Å². The molecule has 1 atom stereocenters. The molecule has 2 aromatic rings. The number of anilines is 3. The van der Waals surface area contributed by atoms with Crippen LogP contribution in [-0.2, 0) is 4.79 Å². The van der Waals surface area contributed by atoms with Crippen molar-refractivity contribution in [2.75, 3.05) is 48.3 Å². The van der Waals surface area contributed by atoms with Crippen LogP contribution in [0.15, 0.2) is 42.5 Å². The first-order valence-corrected chi connectivity index (χ1v) is 10.0. The van der Waals surface area contributed by atoms with Crippen LogP contribution in [-0.4, -0.2) is 44.7 Å². The van der Waals surface area contributed by atoms with Gasteiger partial charge in [0.05, 0.1) is 43.4 Å². The van der Waals surface area contributed by atoms with Gasteiger partial charge in [0.2, 0.25) is 5.91 Å². The minimum atomic E-state index is -0.469. The fourth-order valence-corrected chi connectivity index (χ4v) is 3.57. The number of piperazine rings is 1. The Balaban J connectivity index is 1.55. The van der Waals surface area contributed by atoms with Crippen LogP contribution in [0.3, 0.4) is 0 Å². The Bertz CT molecular complexity index is 807. The zero-order chi connectivity index (χ0) is 20.1. The maximum absolute atomic E-state index is 13.1. The molecular formula is C21H27ClFN4O+. The Morgan fingerprint density at radius 1 is 1.21 bits per heavy atom. The minimum absolute atomic E-state index is 0.176. The van der Waals surface area contributed by atoms with Crippen LogP contribution in [0.4, 0.5) is 21.5 Å². The third kappa shape index (κ3) is 5.14. The summed E-state index contributed by atoms with van der Waals surface area (Å²) in [5.41, 5.74) is 2.47. The lowest BCUT2D eigenvalue weighted by Crippen LogP contribution is -3.14. The van der Waals surface area contributed by atoms with Crippen LogP contribution < -0.4 is 20.4 Å². The second kappa shape index (κ2) is 9.26. The van der Waals surface area contributed by atoms with Crippen molar-refractivity contribution in [1.82, 2.24) is 0 Å². The number of likely N-dealkylation sites (N-methyl/N-ethyl adjacent to an activating group) is 1. The van der Waals surface area contributed by atoms with Gasteiger partial charge in [-0.25, -0.2) is 4.39 Å². The average Bonchev–Trinajstić information content (AvgIpc) is 2.70.